The Morgan fingerprint density at radius 1 is 0.933 bits per heavy atom. The van der Waals surface area contributed by atoms with Crippen molar-refractivity contribution in [3.8, 4) is 0 Å². The van der Waals surface area contributed by atoms with Gasteiger partial charge >= 0.3 is 18.0 Å². The molecule has 1 amide bonds. The predicted octanol–water partition coefficient (Wildman–Crippen LogP) is 4.96. The SMILES string of the molecule is CCOC(=O)/C=C/CC[C@H](NC(=O)OCc1ccccc1)C(=O)Cc1cccn([C@@H](CCC(=O)O)C(=O)CCCC(C)C)c1=O. The van der Waals surface area contributed by atoms with Crippen LogP contribution in [0.25, 0.3) is 0 Å². The second-order valence-corrected chi connectivity index (χ2v) is 11.1. The molecule has 0 saturated carbocycles. The number of benzene rings is 1. The van der Waals surface area contributed by atoms with Crippen LogP contribution in [-0.2, 0) is 41.7 Å². The lowest BCUT2D eigenvalue weighted by molar-refractivity contribution is -0.138. The summed E-state index contributed by atoms with van der Waals surface area (Å²) in [4.78, 5) is 75.7. The van der Waals surface area contributed by atoms with Crippen LogP contribution in [0.1, 0.15) is 82.9 Å². The van der Waals surface area contributed by atoms with Crippen LogP contribution in [0, 0.1) is 5.92 Å². The molecule has 0 aliphatic carbocycles. The molecule has 2 N–H and O–H groups in total. The van der Waals surface area contributed by atoms with E-state index in [0.29, 0.717) is 12.3 Å². The van der Waals surface area contributed by atoms with Crippen LogP contribution in [0.3, 0.4) is 0 Å². The number of pyridine rings is 1. The molecule has 1 aromatic carbocycles. The van der Waals surface area contributed by atoms with Gasteiger partial charge in [0.1, 0.15) is 6.61 Å². The molecular formula is C34H44N2O9. The van der Waals surface area contributed by atoms with Crippen molar-refractivity contribution in [2.45, 2.75) is 90.8 Å². The monoisotopic (exact) mass is 624 g/mol. The highest BCUT2D eigenvalue weighted by Crippen LogP contribution is 2.19. The number of carbonyl (C=O) groups is 5. The number of esters is 1. The molecule has 0 spiro atoms. The van der Waals surface area contributed by atoms with Gasteiger partial charge in [-0.05, 0) is 50.2 Å². The zero-order valence-corrected chi connectivity index (χ0v) is 26.2. The van der Waals surface area contributed by atoms with Gasteiger partial charge in [0.2, 0.25) is 0 Å². The molecule has 1 aromatic heterocycles. The highest BCUT2D eigenvalue weighted by Gasteiger charge is 2.26. The number of rotatable bonds is 20. The predicted molar refractivity (Wildman–Crippen MR) is 168 cm³/mol. The van der Waals surface area contributed by atoms with E-state index in [1.807, 2.05) is 19.9 Å². The second-order valence-electron chi connectivity index (χ2n) is 11.1. The van der Waals surface area contributed by atoms with E-state index in [0.717, 1.165) is 12.0 Å². The summed E-state index contributed by atoms with van der Waals surface area (Å²) >= 11 is 0. The molecule has 2 aromatic rings. The first-order valence-corrected chi connectivity index (χ1v) is 15.3. The first-order valence-electron chi connectivity index (χ1n) is 15.3. The fraction of sp³-hybridized carbons (Fsp3) is 0.471. The summed E-state index contributed by atoms with van der Waals surface area (Å²) in [5, 5.41) is 11.8. The average Bonchev–Trinajstić information content (AvgIpc) is 2.99. The van der Waals surface area contributed by atoms with Gasteiger partial charge in [-0.1, -0.05) is 62.7 Å². The van der Waals surface area contributed by atoms with E-state index >= 15 is 0 Å². The standard InChI is InChI=1S/C34H44N2O9/c1-4-44-32(41)18-9-8-16-27(35-34(43)45-23-25-13-6-5-7-14-25)30(38)22-26-15-11-21-36(33(26)42)28(19-20-31(39)40)29(37)17-10-12-24(2)3/h5-7,9,11,13-15,18,21,24,27-28H,4,8,10,12,16-17,19-20,22-23H2,1-3H3,(H,35,43)(H,39,40)/b18-9+/t27-,28-/m0/s1. The van der Waals surface area contributed by atoms with E-state index in [4.69, 9.17) is 9.47 Å². The number of nitrogens with zero attached hydrogens (tertiary/aromatic N) is 1. The fourth-order valence-electron chi connectivity index (χ4n) is 4.67. The van der Waals surface area contributed by atoms with Crippen molar-refractivity contribution in [3.05, 3.63) is 82.3 Å². The van der Waals surface area contributed by atoms with Gasteiger partial charge in [-0.3, -0.25) is 19.2 Å². The van der Waals surface area contributed by atoms with Crippen LogP contribution in [0.5, 0.6) is 0 Å². The van der Waals surface area contributed by atoms with E-state index in [2.05, 4.69) is 5.32 Å². The summed E-state index contributed by atoms with van der Waals surface area (Å²) < 4.78 is 11.4. The van der Waals surface area contributed by atoms with Gasteiger partial charge in [-0.25, -0.2) is 9.59 Å². The topological polar surface area (TPSA) is 158 Å². The van der Waals surface area contributed by atoms with Crippen molar-refractivity contribution in [1.82, 2.24) is 9.88 Å². The van der Waals surface area contributed by atoms with Crippen LogP contribution in [0.2, 0.25) is 0 Å². The molecule has 244 valence electrons. The Labute approximate surface area is 263 Å². The number of alkyl carbamates (subject to hydrolysis) is 1. The largest absolute Gasteiger partial charge is 0.481 e. The Hall–Kier alpha value is -4.54. The van der Waals surface area contributed by atoms with Gasteiger partial charge in [0, 0.05) is 37.1 Å². The third kappa shape index (κ3) is 13.7. The van der Waals surface area contributed by atoms with Gasteiger partial charge in [-0.15, -0.1) is 0 Å². The van der Waals surface area contributed by atoms with Crippen molar-refractivity contribution in [2.24, 2.45) is 5.92 Å². The molecule has 0 radical (unpaired) electrons. The number of carbonyl (C=O) groups excluding carboxylic acids is 4. The molecule has 0 aliphatic rings. The number of ketones is 2. The molecule has 0 saturated heterocycles. The number of nitrogens with one attached hydrogen (secondary N) is 1. The molecule has 2 atom stereocenters. The average molecular weight is 625 g/mol. The Balaban J connectivity index is 2.23. The lowest BCUT2D eigenvalue weighted by Gasteiger charge is -2.20. The van der Waals surface area contributed by atoms with Crippen molar-refractivity contribution >= 4 is 29.6 Å². The number of amides is 1. The Morgan fingerprint density at radius 3 is 2.33 bits per heavy atom. The number of hydrogen-bond donors (Lipinski definition) is 2. The molecule has 11 nitrogen and oxygen atoms in total. The maximum absolute atomic E-state index is 13.5. The lowest BCUT2D eigenvalue weighted by atomic mass is 9.98. The number of aromatic nitrogens is 1. The summed E-state index contributed by atoms with van der Waals surface area (Å²) in [6.45, 7) is 5.97. The normalized spacial score (nSPS) is 12.4. The minimum atomic E-state index is -1.08. The summed E-state index contributed by atoms with van der Waals surface area (Å²) in [6, 6.07) is 9.99. The molecule has 45 heavy (non-hydrogen) atoms. The van der Waals surface area contributed by atoms with Crippen molar-refractivity contribution in [2.75, 3.05) is 6.61 Å². The maximum atomic E-state index is 13.5. The zero-order valence-electron chi connectivity index (χ0n) is 26.2. The third-order valence-corrected chi connectivity index (χ3v) is 7.02. The Kier molecular flexibility index (Phi) is 16.0. The zero-order chi connectivity index (χ0) is 33.2. The number of Topliss-reactive ketones (excluding diaryl/α,β-unsaturated/α-hetero) is 2. The first-order chi connectivity index (χ1) is 21.5. The Bertz CT molecular complexity index is 1370. The van der Waals surface area contributed by atoms with Crippen molar-refractivity contribution in [1.29, 1.82) is 0 Å². The Morgan fingerprint density at radius 2 is 1.67 bits per heavy atom. The minimum absolute atomic E-state index is 0.0112. The van der Waals surface area contributed by atoms with Gasteiger partial charge < -0.3 is 24.5 Å². The van der Waals surface area contributed by atoms with Gasteiger partial charge in [-0.2, -0.15) is 0 Å². The van der Waals surface area contributed by atoms with Crippen molar-refractivity contribution < 1.29 is 38.6 Å². The van der Waals surface area contributed by atoms with E-state index in [1.54, 1.807) is 31.2 Å². The highest BCUT2D eigenvalue weighted by molar-refractivity contribution is 5.89. The number of ether oxygens (including phenoxy) is 2. The highest BCUT2D eigenvalue weighted by atomic mass is 16.5. The number of carboxylic acid groups (broad SMARTS) is 1. The summed E-state index contributed by atoms with van der Waals surface area (Å²) in [7, 11) is 0. The van der Waals surface area contributed by atoms with E-state index in [9.17, 15) is 33.9 Å². The van der Waals surface area contributed by atoms with Gasteiger partial charge in [0.15, 0.2) is 11.6 Å². The summed E-state index contributed by atoms with van der Waals surface area (Å²) in [6.07, 6.45) is 4.67. The van der Waals surface area contributed by atoms with Crippen LogP contribution in [-0.4, -0.2) is 51.9 Å². The van der Waals surface area contributed by atoms with Crippen LogP contribution in [0.4, 0.5) is 4.79 Å². The van der Waals surface area contributed by atoms with Crippen LogP contribution >= 0.6 is 0 Å². The quantitative estimate of drug-likeness (QED) is 0.153. The molecule has 2 rings (SSSR count). The maximum Gasteiger partial charge on any atom is 0.408 e. The number of aliphatic carboxylic acids is 1. The van der Waals surface area contributed by atoms with Gasteiger partial charge in [0.25, 0.3) is 5.56 Å². The third-order valence-electron chi connectivity index (χ3n) is 7.02. The molecule has 11 heteroatoms. The van der Waals surface area contributed by atoms with Gasteiger partial charge in [0.05, 0.1) is 18.7 Å². The second kappa shape index (κ2) is 19.7. The smallest absolute Gasteiger partial charge is 0.408 e. The molecular weight excluding hydrogens is 580 g/mol. The fourth-order valence-corrected chi connectivity index (χ4v) is 4.67. The molecule has 1 heterocycles. The molecule has 0 bridgehead atoms. The van der Waals surface area contributed by atoms with E-state index in [-0.39, 0.29) is 63.1 Å². The van der Waals surface area contributed by atoms with Crippen LogP contribution < -0.4 is 10.9 Å². The van der Waals surface area contributed by atoms with E-state index < -0.39 is 41.5 Å². The molecule has 0 fully saturated rings. The lowest BCUT2D eigenvalue weighted by Crippen LogP contribution is -2.42. The minimum Gasteiger partial charge on any atom is -0.481 e. The summed E-state index contributed by atoms with van der Waals surface area (Å²) in [5.41, 5.74) is 0.282. The molecule has 0 unspecified atom stereocenters. The van der Waals surface area contributed by atoms with E-state index in [1.165, 1.54) is 35.0 Å². The number of hydrogen-bond acceptors (Lipinski definition) is 8. The van der Waals surface area contributed by atoms with Crippen LogP contribution in [0.15, 0.2) is 65.6 Å². The number of allylic oxidation sites excluding steroid dienone is 1. The first kappa shape index (κ1) is 36.7. The molecule has 0 aliphatic heterocycles. The van der Waals surface area contributed by atoms with Crippen molar-refractivity contribution in [3.63, 3.8) is 0 Å². The number of carboxylic acids is 1. The summed E-state index contributed by atoms with van der Waals surface area (Å²) in [5.74, 6) is -1.94.